The third-order valence-corrected chi connectivity index (χ3v) is 1.63. The first-order valence-electron chi connectivity index (χ1n) is 3.80. The SMILES string of the molecule is Fc1c[c]c(-c2ccncn2)cc1. The van der Waals surface area contributed by atoms with Gasteiger partial charge in [-0.1, -0.05) is 0 Å². The van der Waals surface area contributed by atoms with Gasteiger partial charge in [0.25, 0.3) is 0 Å². The lowest BCUT2D eigenvalue weighted by molar-refractivity contribution is 0.627. The van der Waals surface area contributed by atoms with Crippen LogP contribution in [0, 0.1) is 11.9 Å². The molecule has 0 amide bonds. The topological polar surface area (TPSA) is 25.8 Å². The number of hydrogen-bond acceptors (Lipinski definition) is 2. The van der Waals surface area contributed by atoms with E-state index in [4.69, 9.17) is 0 Å². The van der Waals surface area contributed by atoms with E-state index in [0.717, 1.165) is 11.3 Å². The van der Waals surface area contributed by atoms with Crippen molar-refractivity contribution < 1.29 is 4.39 Å². The maximum atomic E-state index is 12.5. The molecule has 1 aromatic heterocycles. The van der Waals surface area contributed by atoms with Crippen LogP contribution in [0.2, 0.25) is 0 Å². The lowest BCUT2D eigenvalue weighted by atomic mass is 10.1. The summed E-state index contributed by atoms with van der Waals surface area (Å²) in [4.78, 5) is 7.80. The van der Waals surface area contributed by atoms with Crippen molar-refractivity contribution in [2.75, 3.05) is 0 Å². The van der Waals surface area contributed by atoms with E-state index in [2.05, 4.69) is 16.0 Å². The van der Waals surface area contributed by atoms with Crippen molar-refractivity contribution in [2.45, 2.75) is 0 Å². The van der Waals surface area contributed by atoms with Gasteiger partial charge in [-0.3, -0.25) is 0 Å². The summed E-state index contributed by atoms with van der Waals surface area (Å²) in [7, 11) is 0. The van der Waals surface area contributed by atoms with Crippen LogP contribution in [0.3, 0.4) is 0 Å². The van der Waals surface area contributed by atoms with Gasteiger partial charge in [0.1, 0.15) is 12.1 Å². The molecule has 0 aliphatic carbocycles. The van der Waals surface area contributed by atoms with Crippen molar-refractivity contribution in [3.05, 3.63) is 48.7 Å². The Morgan fingerprint density at radius 2 is 2.15 bits per heavy atom. The number of benzene rings is 1. The summed E-state index contributed by atoms with van der Waals surface area (Å²) >= 11 is 0. The molecule has 0 unspecified atom stereocenters. The van der Waals surface area contributed by atoms with Crippen molar-refractivity contribution >= 4 is 0 Å². The molecule has 0 saturated heterocycles. The van der Waals surface area contributed by atoms with Gasteiger partial charge in [-0.05, 0) is 30.3 Å². The molecule has 13 heavy (non-hydrogen) atoms. The zero-order chi connectivity index (χ0) is 9.10. The number of halogens is 1. The Kier molecular flexibility index (Phi) is 2.00. The minimum absolute atomic E-state index is 0.294. The van der Waals surface area contributed by atoms with Crippen molar-refractivity contribution in [3.8, 4) is 11.3 Å². The number of rotatable bonds is 1. The van der Waals surface area contributed by atoms with Gasteiger partial charge in [0, 0.05) is 11.8 Å². The van der Waals surface area contributed by atoms with Gasteiger partial charge in [0.15, 0.2) is 0 Å². The van der Waals surface area contributed by atoms with Crippen LogP contribution < -0.4 is 0 Å². The zero-order valence-electron chi connectivity index (χ0n) is 6.74. The number of aromatic nitrogens is 2. The summed E-state index contributed by atoms with van der Waals surface area (Å²) in [5.41, 5.74) is 1.51. The molecule has 0 atom stereocenters. The van der Waals surface area contributed by atoms with E-state index in [1.54, 1.807) is 18.3 Å². The lowest BCUT2D eigenvalue weighted by Gasteiger charge is -1.97. The van der Waals surface area contributed by atoms with Crippen LogP contribution in [0.5, 0.6) is 0 Å². The van der Waals surface area contributed by atoms with Crippen LogP contribution in [0.25, 0.3) is 11.3 Å². The van der Waals surface area contributed by atoms with Crippen molar-refractivity contribution in [2.24, 2.45) is 0 Å². The van der Waals surface area contributed by atoms with Gasteiger partial charge in [0.05, 0.1) is 5.69 Å². The minimum Gasteiger partial charge on any atom is -0.245 e. The Morgan fingerprint density at radius 1 is 1.23 bits per heavy atom. The molecule has 1 heterocycles. The van der Waals surface area contributed by atoms with E-state index in [1.807, 2.05) is 0 Å². The first-order valence-corrected chi connectivity index (χ1v) is 3.80. The van der Waals surface area contributed by atoms with Crippen LogP contribution in [0.1, 0.15) is 0 Å². The third-order valence-electron chi connectivity index (χ3n) is 1.63. The monoisotopic (exact) mass is 173 g/mol. The molecule has 1 radical (unpaired) electrons. The van der Waals surface area contributed by atoms with Crippen LogP contribution in [0.15, 0.2) is 36.8 Å². The first kappa shape index (κ1) is 7.86. The largest absolute Gasteiger partial charge is 0.245 e. The van der Waals surface area contributed by atoms with Crippen molar-refractivity contribution in [3.63, 3.8) is 0 Å². The number of nitrogens with zero attached hydrogens (tertiary/aromatic N) is 2. The zero-order valence-corrected chi connectivity index (χ0v) is 6.74. The molecule has 2 aromatic rings. The summed E-state index contributed by atoms with van der Waals surface area (Å²) in [5, 5.41) is 0. The standard InChI is InChI=1S/C10H6FN2/c11-9-3-1-8(2-4-9)10-5-6-12-7-13-10/h1,3-7H. The smallest absolute Gasteiger partial charge is 0.123 e. The Balaban J connectivity index is 2.42. The summed E-state index contributed by atoms with van der Waals surface area (Å²) in [6, 6.07) is 8.85. The number of hydrogen-bond donors (Lipinski definition) is 0. The van der Waals surface area contributed by atoms with Crippen molar-refractivity contribution in [1.82, 2.24) is 9.97 Å². The molecule has 0 N–H and O–H groups in total. The molecule has 2 nitrogen and oxygen atoms in total. The minimum atomic E-state index is -0.294. The van der Waals surface area contributed by atoms with Crippen molar-refractivity contribution in [1.29, 1.82) is 0 Å². The average molecular weight is 173 g/mol. The molecule has 0 bridgehead atoms. The predicted octanol–water partition coefficient (Wildman–Crippen LogP) is 2.08. The highest BCUT2D eigenvalue weighted by Crippen LogP contribution is 2.14. The molecular weight excluding hydrogens is 167 g/mol. The molecule has 0 fully saturated rings. The fourth-order valence-electron chi connectivity index (χ4n) is 1.02. The van der Waals surface area contributed by atoms with E-state index in [0.29, 0.717) is 0 Å². The quantitative estimate of drug-likeness (QED) is 0.659. The van der Waals surface area contributed by atoms with Gasteiger partial charge in [-0.15, -0.1) is 0 Å². The lowest BCUT2D eigenvalue weighted by Crippen LogP contribution is -1.84. The van der Waals surface area contributed by atoms with E-state index < -0.39 is 0 Å². The third kappa shape index (κ3) is 1.69. The molecule has 2 rings (SSSR count). The van der Waals surface area contributed by atoms with E-state index in [-0.39, 0.29) is 5.82 Å². The van der Waals surface area contributed by atoms with Gasteiger partial charge < -0.3 is 0 Å². The maximum Gasteiger partial charge on any atom is 0.123 e. The van der Waals surface area contributed by atoms with Crippen LogP contribution in [-0.2, 0) is 0 Å². The highest BCUT2D eigenvalue weighted by molar-refractivity contribution is 5.57. The molecule has 0 spiro atoms. The Bertz CT molecular complexity index is 383. The summed E-state index contributed by atoms with van der Waals surface area (Å²) in [6.45, 7) is 0. The van der Waals surface area contributed by atoms with Crippen LogP contribution in [-0.4, -0.2) is 9.97 Å². The summed E-state index contributed by atoms with van der Waals surface area (Å²) in [5.74, 6) is -0.294. The highest BCUT2D eigenvalue weighted by Gasteiger charge is 1.97. The summed E-state index contributed by atoms with van der Waals surface area (Å²) < 4.78 is 12.5. The Hall–Kier alpha value is -1.77. The van der Waals surface area contributed by atoms with Gasteiger partial charge >= 0.3 is 0 Å². The van der Waals surface area contributed by atoms with Crippen LogP contribution in [0.4, 0.5) is 4.39 Å². The second-order valence-corrected chi connectivity index (χ2v) is 2.52. The van der Waals surface area contributed by atoms with Gasteiger partial charge in [-0.2, -0.15) is 0 Å². The first-order chi connectivity index (χ1) is 6.36. The predicted molar refractivity (Wildman–Crippen MR) is 46.3 cm³/mol. The molecular formula is C10H6FN2. The Labute approximate surface area is 75.1 Å². The highest BCUT2D eigenvalue weighted by atomic mass is 19.1. The van der Waals surface area contributed by atoms with E-state index in [1.165, 1.54) is 18.5 Å². The van der Waals surface area contributed by atoms with Gasteiger partial charge in [0.2, 0.25) is 0 Å². The fourth-order valence-corrected chi connectivity index (χ4v) is 1.02. The molecule has 63 valence electrons. The molecule has 3 heteroatoms. The maximum absolute atomic E-state index is 12.5. The summed E-state index contributed by atoms with van der Waals surface area (Å²) in [6.07, 6.45) is 3.09. The van der Waals surface area contributed by atoms with E-state index in [9.17, 15) is 4.39 Å². The molecule has 0 saturated carbocycles. The van der Waals surface area contributed by atoms with Crippen LogP contribution >= 0.6 is 0 Å². The molecule has 0 aliphatic rings. The fraction of sp³-hybridized carbons (Fsp3) is 0. The molecule has 0 aliphatic heterocycles. The van der Waals surface area contributed by atoms with E-state index >= 15 is 0 Å². The molecule has 1 aromatic carbocycles. The van der Waals surface area contributed by atoms with Gasteiger partial charge in [-0.25, -0.2) is 14.4 Å². The Morgan fingerprint density at radius 3 is 2.77 bits per heavy atom. The normalized spacial score (nSPS) is 9.92. The average Bonchev–Trinajstić information content (AvgIpc) is 2.20. The second-order valence-electron chi connectivity index (χ2n) is 2.52. The second kappa shape index (κ2) is 3.31.